The summed E-state index contributed by atoms with van der Waals surface area (Å²) >= 11 is 0. The molecule has 1 spiro atoms. The van der Waals surface area contributed by atoms with E-state index in [2.05, 4.69) is 32.6 Å². The summed E-state index contributed by atoms with van der Waals surface area (Å²) in [5.74, 6) is 1.59. The molecule has 2 aliphatic heterocycles. The number of hydrogen-bond donors (Lipinski definition) is 0. The molecule has 2 heterocycles. The Morgan fingerprint density at radius 3 is 2.13 bits per heavy atom. The highest BCUT2D eigenvalue weighted by Crippen LogP contribution is 2.46. The molecular formula is C13H25NO. The molecule has 0 radical (unpaired) electrons. The van der Waals surface area contributed by atoms with Crippen LogP contribution < -0.4 is 0 Å². The first-order valence-corrected chi connectivity index (χ1v) is 6.42. The van der Waals surface area contributed by atoms with Crippen LogP contribution in [0.15, 0.2) is 0 Å². The third-order valence-electron chi connectivity index (χ3n) is 4.94. The zero-order chi connectivity index (χ0) is 11.1. The van der Waals surface area contributed by atoms with Gasteiger partial charge in [-0.15, -0.1) is 0 Å². The monoisotopic (exact) mass is 211 g/mol. The molecule has 0 aromatic rings. The van der Waals surface area contributed by atoms with Crippen molar-refractivity contribution in [1.82, 2.24) is 4.90 Å². The summed E-state index contributed by atoms with van der Waals surface area (Å²) < 4.78 is 5.46. The van der Waals surface area contributed by atoms with Crippen LogP contribution in [0.5, 0.6) is 0 Å². The molecule has 0 saturated carbocycles. The van der Waals surface area contributed by atoms with Crippen LogP contribution in [0.1, 0.15) is 34.1 Å². The Bertz CT molecular complexity index is 211. The second-order valence-electron chi connectivity index (χ2n) is 5.74. The lowest BCUT2D eigenvalue weighted by molar-refractivity contribution is -0.198. The van der Waals surface area contributed by atoms with Gasteiger partial charge in [-0.25, -0.2) is 0 Å². The fourth-order valence-electron chi connectivity index (χ4n) is 3.15. The number of nitrogens with zero attached hydrogens (tertiary/aromatic N) is 1. The highest BCUT2D eigenvalue weighted by atomic mass is 16.5. The Balaban J connectivity index is 2.03. The van der Waals surface area contributed by atoms with Crippen LogP contribution in [-0.4, -0.2) is 37.2 Å². The standard InChI is InChI=1S/C13H25NO/c1-5-12(4)14-6-10(2)13(8-15-9-13)11(3)7-14/h10-12H,5-9H2,1-4H3. The van der Waals surface area contributed by atoms with Gasteiger partial charge in [-0.3, -0.25) is 0 Å². The fraction of sp³-hybridized carbons (Fsp3) is 1.00. The molecule has 2 saturated heterocycles. The summed E-state index contributed by atoms with van der Waals surface area (Å²) in [6, 6.07) is 0.744. The minimum Gasteiger partial charge on any atom is -0.380 e. The SMILES string of the molecule is CCC(C)N1CC(C)C2(COC2)C(C)C1. The molecule has 0 aliphatic carbocycles. The van der Waals surface area contributed by atoms with E-state index >= 15 is 0 Å². The summed E-state index contributed by atoms with van der Waals surface area (Å²) in [5, 5.41) is 0. The van der Waals surface area contributed by atoms with Gasteiger partial charge in [0.25, 0.3) is 0 Å². The van der Waals surface area contributed by atoms with Crippen LogP contribution in [0.2, 0.25) is 0 Å². The van der Waals surface area contributed by atoms with E-state index in [1.807, 2.05) is 0 Å². The molecule has 2 aliphatic rings. The van der Waals surface area contributed by atoms with Crippen molar-refractivity contribution in [2.75, 3.05) is 26.3 Å². The third kappa shape index (κ3) is 1.72. The predicted octanol–water partition coefficient (Wildman–Crippen LogP) is 2.39. The lowest BCUT2D eigenvalue weighted by atomic mass is 9.63. The largest absolute Gasteiger partial charge is 0.380 e. The van der Waals surface area contributed by atoms with E-state index in [-0.39, 0.29) is 0 Å². The van der Waals surface area contributed by atoms with Crippen molar-refractivity contribution in [1.29, 1.82) is 0 Å². The van der Waals surface area contributed by atoms with Gasteiger partial charge in [0, 0.05) is 24.5 Å². The number of hydrogen-bond acceptors (Lipinski definition) is 2. The molecule has 2 nitrogen and oxygen atoms in total. The summed E-state index contributed by atoms with van der Waals surface area (Å²) in [5.41, 5.74) is 0.518. The third-order valence-corrected chi connectivity index (χ3v) is 4.94. The maximum atomic E-state index is 5.46. The minimum atomic E-state index is 0.518. The van der Waals surface area contributed by atoms with E-state index in [0.29, 0.717) is 5.41 Å². The maximum Gasteiger partial charge on any atom is 0.0550 e. The van der Waals surface area contributed by atoms with E-state index in [1.165, 1.54) is 19.5 Å². The van der Waals surface area contributed by atoms with E-state index in [0.717, 1.165) is 31.1 Å². The Morgan fingerprint density at radius 2 is 1.80 bits per heavy atom. The molecule has 0 bridgehead atoms. The van der Waals surface area contributed by atoms with Crippen molar-refractivity contribution in [2.24, 2.45) is 17.3 Å². The molecule has 0 amide bonds. The molecule has 88 valence electrons. The van der Waals surface area contributed by atoms with E-state index in [4.69, 9.17) is 4.74 Å². The average Bonchev–Trinajstić information content (AvgIpc) is 2.13. The Hall–Kier alpha value is -0.0800. The predicted molar refractivity (Wildman–Crippen MR) is 62.9 cm³/mol. The van der Waals surface area contributed by atoms with E-state index in [1.54, 1.807) is 0 Å². The van der Waals surface area contributed by atoms with Crippen LogP contribution in [0.3, 0.4) is 0 Å². The summed E-state index contributed by atoms with van der Waals surface area (Å²) in [7, 11) is 0. The maximum absolute atomic E-state index is 5.46. The van der Waals surface area contributed by atoms with Gasteiger partial charge in [-0.1, -0.05) is 20.8 Å². The molecule has 3 atom stereocenters. The second kappa shape index (κ2) is 4.06. The zero-order valence-corrected chi connectivity index (χ0v) is 10.6. The fourth-order valence-corrected chi connectivity index (χ4v) is 3.15. The van der Waals surface area contributed by atoms with Crippen LogP contribution >= 0.6 is 0 Å². The molecule has 3 unspecified atom stereocenters. The lowest BCUT2D eigenvalue weighted by Crippen LogP contribution is -2.62. The van der Waals surface area contributed by atoms with Crippen molar-refractivity contribution in [3.63, 3.8) is 0 Å². The highest BCUT2D eigenvalue weighted by Gasteiger charge is 2.51. The second-order valence-corrected chi connectivity index (χ2v) is 5.74. The summed E-state index contributed by atoms with van der Waals surface area (Å²) in [6.07, 6.45) is 1.27. The van der Waals surface area contributed by atoms with Gasteiger partial charge in [-0.2, -0.15) is 0 Å². The van der Waals surface area contributed by atoms with Crippen molar-refractivity contribution in [3.8, 4) is 0 Å². The zero-order valence-electron chi connectivity index (χ0n) is 10.6. The van der Waals surface area contributed by atoms with E-state index in [9.17, 15) is 0 Å². The Morgan fingerprint density at radius 1 is 1.27 bits per heavy atom. The van der Waals surface area contributed by atoms with Crippen molar-refractivity contribution < 1.29 is 4.74 Å². The minimum absolute atomic E-state index is 0.518. The normalized spacial score (nSPS) is 37.6. The average molecular weight is 211 g/mol. The van der Waals surface area contributed by atoms with E-state index < -0.39 is 0 Å². The van der Waals surface area contributed by atoms with Crippen molar-refractivity contribution in [3.05, 3.63) is 0 Å². The first-order valence-electron chi connectivity index (χ1n) is 6.42. The van der Waals surface area contributed by atoms with Gasteiger partial charge >= 0.3 is 0 Å². The van der Waals surface area contributed by atoms with Gasteiger partial charge in [0.1, 0.15) is 0 Å². The lowest BCUT2D eigenvalue weighted by Gasteiger charge is -2.56. The Labute approximate surface area is 94.0 Å². The van der Waals surface area contributed by atoms with Gasteiger partial charge in [0.05, 0.1) is 13.2 Å². The smallest absolute Gasteiger partial charge is 0.0550 e. The van der Waals surface area contributed by atoms with Crippen LogP contribution in [0.4, 0.5) is 0 Å². The topological polar surface area (TPSA) is 12.5 Å². The number of piperidine rings is 1. The molecule has 2 fully saturated rings. The van der Waals surface area contributed by atoms with Gasteiger partial charge in [0.15, 0.2) is 0 Å². The molecular weight excluding hydrogens is 186 g/mol. The quantitative estimate of drug-likeness (QED) is 0.695. The Kier molecular flexibility index (Phi) is 3.09. The summed E-state index contributed by atoms with van der Waals surface area (Å²) in [4.78, 5) is 2.67. The molecule has 0 N–H and O–H groups in total. The summed E-state index contributed by atoms with van der Waals surface area (Å²) in [6.45, 7) is 14.0. The number of likely N-dealkylation sites (tertiary alicyclic amines) is 1. The first kappa shape index (κ1) is 11.4. The molecule has 0 aromatic heterocycles. The van der Waals surface area contributed by atoms with Crippen LogP contribution in [0, 0.1) is 17.3 Å². The van der Waals surface area contributed by atoms with Crippen LogP contribution in [0.25, 0.3) is 0 Å². The van der Waals surface area contributed by atoms with Crippen molar-refractivity contribution >= 4 is 0 Å². The van der Waals surface area contributed by atoms with Gasteiger partial charge in [-0.05, 0) is 25.2 Å². The van der Waals surface area contributed by atoms with Gasteiger partial charge < -0.3 is 9.64 Å². The molecule has 2 rings (SSSR count). The number of ether oxygens (including phenoxy) is 1. The molecule has 15 heavy (non-hydrogen) atoms. The molecule has 0 aromatic carbocycles. The van der Waals surface area contributed by atoms with Crippen LogP contribution in [-0.2, 0) is 4.74 Å². The first-order chi connectivity index (χ1) is 7.10. The molecule has 2 heteroatoms. The number of rotatable bonds is 2. The van der Waals surface area contributed by atoms with Crippen molar-refractivity contribution in [2.45, 2.75) is 40.2 Å². The van der Waals surface area contributed by atoms with Gasteiger partial charge in [0.2, 0.25) is 0 Å². The highest BCUT2D eigenvalue weighted by molar-refractivity contribution is 4.99.